The van der Waals surface area contributed by atoms with Crippen molar-refractivity contribution in [2.45, 2.75) is 19.4 Å². The molecule has 1 saturated heterocycles. The Balaban J connectivity index is 1.70. The molecule has 3 rings (SSSR count). The van der Waals surface area contributed by atoms with E-state index in [1.165, 1.54) is 22.3 Å². The Bertz CT molecular complexity index is 919. The quantitative estimate of drug-likeness (QED) is 0.600. The second kappa shape index (κ2) is 7.61. The molecule has 0 spiro atoms. The molecule has 0 saturated carbocycles. The molecule has 1 aliphatic rings. The van der Waals surface area contributed by atoms with Gasteiger partial charge in [0.25, 0.3) is 0 Å². The van der Waals surface area contributed by atoms with Crippen LogP contribution in [0.4, 0.5) is 15.8 Å². The molecule has 2 heterocycles. The second-order valence-corrected chi connectivity index (χ2v) is 7.92. The van der Waals surface area contributed by atoms with E-state index in [1.54, 1.807) is 6.07 Å². The van der Waals surface area contributed by atoms with Crippen molar-refractivity contribution in [2.24, 2.45) is 5.92 Å². The van der Waals surface area contributed by atoms with Crippen LogP contribution in [0, 0.1) is 21.8 Å². The van der Waals surface area contributed by atoms with Gasteiger partial charge in [0.2, 0.25) is 17.6 Å². The molecule has 7 nitrogen and oxygen atoms in total. The normalized spacial score (nSPS) is 17.8. The average molecular weight is 412 g/mol. The van der Waals surface area contributed by atoms with Crippen molar-refractivity contribution in [2.75, 3.05) is 11.4 Å². The molecule has 27 heavy (non-hydrogen) atoms. The summed E-state index contributed by atoms with van der Waals surface area (Å²) >= 11 is 7.26. The number of benzene rings is 1. The van der Waals surface area contributed by atoms with Gasteiger partial charge in [-0.1, -0.05) is 11.6 Å². The van der Waals surface area contributed by atoms with Gasteiger partial charge in [0.1, 0.15) is 0 Å². The third-order valence-electron chi connectivity index (χ3n) is 4.31. The molecular formula is C17H15ClFN3O4S. The van der Waals surface area contributed by atoms with Crippen molar-refractivity contribution in [3.63, 3.8) is 0 Å². The van der Waals surface area contributed by atoms with E-state index in [2.05, 4.69) is 5.32 Å². The SMILES string of the molecule is CC(NC(=O)C1CC(=O)N(c2ccc(F)c([N+](=O)[O-])c2)C1)c1ccc(Cl)s1. The van der Waals surface area contributed by atoms with E-state index in [1.807, 2.05) is 13.0 Å². The number of carbonyl (C=O) groups is 2. The number of nitrogens with one attached hydrogen (secondary N) is 1. The van der Waals surface area contributed by atoms with Crippen molar-refractivity contribution in [1.82, 2.24) is 5.32 Å². The monoisotopic (exact) mass is 411 g/mol. The number of rotatable bonds is 5. The fraction of sp³-hybridized carbons (Fsp3) is 0.294. The van der Waals surface area contributed by atoms with E-state index in [-0.39, 0.29) is 36.5 Å². The van der Waals surface area contributed by atoms with Crippen molar-refractivity contribution in [3.05, 3.63) is 55.5 Å². The third-order valence-corrected chi connectivity index (χ3v) is 5.73. The standard InChI is InChI=1S/C17H15ClFN3O4S/c1-9(14-4-5-15(18)27-14)20-17(24)10-6-16(23)21(8-10)11-2-3-12(19)13(7-11)22(25)26/h2-5,7,9-10H,6,8H2,1H3,(H,20,24). The summed E-state index contributed by atoms with van der Waals surface area (Å²) < 4.78 is 14.1. The lowest BCUT2D eigenvalue weighted by Crippen LogP contribution is -2.34. The molecule has 1 aromatic carbocycles. The first-order valence-electron chi connectivity index (χ1n) is 8.06. The Labute approximate surface area is 162 Å². The maximum atomic E-state index is 13.5. The summed E-state index contributed by atoms with van der Waals surface area (Å²) in [5.41, 5.74) is -0.516. The number of hydrogen-bond acceptors (Lipinski definition) is 5. The lowest BCUT2D eigenvalue weighted by atomic mass is 10.1. The molecule has 142 valence electrons. The molecule has 1 aliphatic heterocycles. The predicted molar refractivity (Wildman–Crippen MR) is 99.4 cm³/mol. The lowest BCUT2D eigenvalue weighted by molar-refractivity contribution is -0.387. The largest absolute Gasteiger partial charge is 0.348 e. The molecule has 10 heteroatoms. The van der Waals surface area contributed by atoms with Gasteiger partial charge in [0, 0.05) is 23.9 Å². The molecule has 2 atom stereocenters. The first-order chi connectivity index (χ1) is 12.8. The summed E-state index contributed by atoms with van der Waals surface area (Å²) in [5, 5.41) is 13.7. The van der Waals surface area contributed by atoms with Gasteiger partial charge in [-0.05, 0) is 31.2 Å². The highest BCUT2D eigenvalue weighted by Gasteiger charge is 2.36. The van der Waals surface area contributed by atoms with Crippen LogP contribution in [-0.2, 0) is 9.59 Å². The minimum absolute atomic E-state index is 0.0189. The molecule has 2 amide bonds. The Hall–Kier alpha value is -2.52. The predicted octanol–water partition coefficient (Wildman–Crippen LogP) is 3.68. The minimum Gasteiger partial charge on any atom is -0.348 e. The highest BCUT2D eigenvalue weighted by Crippen LogP contribution is 2.31. The van der Waals surface area contributed by atoms with Crippen molar-refractivity contribution < 1.29 is 18.9 Å². The van der Waals surface area contributed by atoms with E-state index < -0.39 is 22.3 Å². The minimum atomic E-state index is -0.979. The van der Waals surface area contributed by atoms with Crippen LogP contribution in [0.5, 0.6) is 0 Å². The highest BCUT2D eigenvalue weighted by molar-refractivity contribution is 7.16. The maximum absolute atomic E-state index is 13.5. The molecule has 1 fully saturated rings. The topological polar surface area (TPSA) is 92.6 Å². The molecule has 2 unspecified atom stereocenters. The number of nitro groups is 1. The van der Waals surface area contributed by atoms with Gasteiger partial charge in [0.05, 0.1) is 26.9 Å². The summed E-state index contributed by atoms with van der Waals surface area (Å²) in [4.78, 5) is 37.0. The number of amides is 2. The van der Waals surface area contributed by atoms with Gasteiger partial charge in [-0.3, -0.25) is 19.7 Å². The van der Waals surface area contributed by atoms with Crippen LogP contribution in [0.3, 0.4) is 0 Å². The number of anilines is 1. The lowest BCUT2D eigenvalue weighted by Gasteiger charge is -2.18. The molecule has 0 aliphatic carbocycles. The van der Waals surface area contributed by atoms with E-state index in [0.29, 0.717) is 4.34 Å². The van der Waals surface area contributed by atoms with Crippen molar-refractivity contribution in [3.8, 4) is 0 Å². The van der Waals surface area contributed by atoms with Crippen molar-refractivity contribution >= 4 is 46.1 Å². The summed E-state index contributed by atoms with van der Waals surface area (Å²) in [6.45, 7) is 1.89. The first-order valence-corrected chi connectivity index (χ1v) is 9.25. The molecule has 0 radical (unpaired) electrons. The molecule has 2 aromatic rings. The summed E-state index contributed by atoms with van der Waals surface area (Å²) in [6.07, 6.45) is -0.0189. The van der Waals surface area contributed by atoms with Crippen LogP contribution in [0.15, 0.2) is 30.3 Å². The van der Waals surface area contributed by atoms with Crippen LogP contribution in [-0.4, -0.2) is 23.3 Å². The Morgan fingerprint density at radius 1 is 1.44 bits per heavy atom. The summed E-state index contributed by atoms with van der Waals surface area (Å²) in [5.74, 6) is -2.21. The average Bonchev–Trinajstić information content (AvgIpc) is 3.21. The fourth-order valence-electron chi connectivity index (χ4n) is 2.90. The van der Waals surface area contributed by atoms with Gasteiger partial charge in [-0.25, -0.2) is 0 Å². The summed E-state index contributed by atoms with van der Waals surface area (Å²) in [6, 6.07) is 6.54. The van der Waals surface area contributed by atoms with Crippen LogP contribution in [0.1, 0.15) is 24.3 Å². The van der Waals surface area contributed by atoms with Gasteiger partial charge in [-0.15, -0.1) is 11.3 Å². The van der Waals surface area contributed by atoms with Crippen LogP contribution in [0.2, 0.25) is 4.34 Å². The van der Waals surface area contributed by atoms with E-state index in [4.69, 9.17) is 11.6 Å². The Morgan fingerprint density at radius 2 is 2.19 bits per heavy atom. The zero-order valence-electron chi connectivity index (χ0n) is 14.1. The van der Waals surface area contributed by atoms with Crippen LogP contribution >= 0.6 is 22.9 Å². The molecule has 1 N–H and O–H groups in total. The van der Waals surface area contributed by atoms with Gasteiger partial charge in [-0.2, -0.15) is 4.39 Å². The second-order valence-electron chi connectivity index (χ2n) is 6.17. The van der Waals surface area contributed by atoms with E-state index in [9.17, 15) is 24.1 Å². The third kappa shape index (κ3) is 4.09. The van der Waals surface area contributed by atoms with Crippen molar-refractivity contribution in [1.29, 1.82) is 0 Å². The smallest absolute Gasteiger partial charge is 0.306 e. The Kier molecular flexibility index (Phi) is 5.43. The molecular weight excluding hydrogens is 397 g/mol. The van der Waals surface area contributed by atoms with Gasteiger partial charge in [0.15, 0.2) is 0 Å². The van der Waals surface area contributed by atoms with E-state index >= 15 is 0 Å². The maximum Gasteiger partial charge on any atom is 0.306 e. The van der Waals surface area contributed by atoms with Gasteiger partial charge < -0.3 is 10.2 Å². The number of thiophene rings is 1. The zero-order chi connectivity index (χ0) is 19.7. The summed E-state index contributed by atoms with van der Waals surface area (Å²) in [7, 11) is 0. The van der Waals surface area contributed by atoms with Gasteiger partial charge >= 0.3 is 5.69 Å². The fourth-order valence-corrected chi connectivity index (χ4v) is 3.97. The Morgan fingerprint density at radius 3 is 2.81 bits per heavy atom. The van der Waals surface area contributed by atoms with E-state index in [0.717, 1.165) is 17.0 Å². The zero-order valence-corrected chi connectivity index (χ0v) is 15.7. The highest BCUT2D eigenvalue weighted by atomic mass is 35.5. The molecule has 0 bridgehead atoms. The number of hydrogen-bond donors (Lipinski definition) is 1. The number of halogens is 2. The number of nitrogens with zero attached hydrogens (tertiary/aromatic N) is 2. The van der Waals surface area contributed by atoms with Crippen LogP contribution in [0.25, 0.3) is 0 Å². The first kappa shape index (κ1) is 19.2. The number of carbonyl (C=O) groups excluding carboxylic acids is 2. The number of nitro benzene ring substituents is 1. The molecule has 1 aromatic heterocycles. The van der Waals surface area contributed by atoms with Crippen LogP contribution < -0.4 is 10.2 Å².